The van der Waals surface area contributed by atoms with Gasteiger partial charge in [0.15, 0.2) is 6.29 Å². The van der Waals surface area contributed by atoms with Crippen molar-refractivity contribution in [1.82, 2.24) is 0 Å². The Morgan fingerprint density at radius 3 is 1.98 bits per heavy atom. The van der Waals surface area contributed by atoms with E-state index in [1.54, 1.807) is 0 Å². The molecule has 14 nitrogen and oxygen atoms in total. The molecule has 1 spiro atoms. The summed E-state index contributed by atoms with van der Waals surface area (Å²) in [7, 11) is 0. The van der Waals surface area contributed by atoms with Gasteiger partial charge < -0.3 is 64.9 Å². The minimum Gasteiger partial charge on any atom is -0.432 e. The lowest BCUT2D eigenvalue weighted by atomic mass is 9.40. The Kier molecular flexibility index (Phi) is 9.21. The molecule has 5 fully saturated rings. The fourth-order valence-corrected chi connectivity index (χ4v) is 10.4. The van der Waals surface area contributed by atoms with Crippen LogP contribution in [0.25, 0.3) is 0 Å². The molecule has 0 aromatic rings. The van der Waals surface area contributed by atoms with E-state index < -0.39 is 91.6 Å². The lowest BCUT2D eigenvalue weighted by Gasteiger charge is -2.64. The number of hydrogen-bond acceptors (Lipinski definition) is 14. The van der Waals surface area contributed by atoms with Crippen molar-refractivity contribution in [3.05, 3.63) is 11.6 Å². The Balaban J connectivity index is 1.23. The van der Waals surface area contributed by atoms with E-state index in [1.165, 1.54) is 0 Å². The van der Waals surface area contributed by atoms with Gasteiger partial charge in [-0.2, -0.15) is 0 Å². The van der Waals surface area contributed by atoms with Gasteiger partial charge in [-0.15, -0.1) is 0 Å². The summed E-state index contributed by atoms with van der Waals surface area (Å²) in [4.78, 5) is 14.0. The first kappa shape index (κ1) is 34.6. The molecule has 16 atom stereocenters. The maximum atomic E-state index is 14.0. The summed E-state index contributed by atoms with van der Waals surface area (Å²) >= 11 is 0. The highest BCUT2D eigenvalue weighted by atomic mass is 16.7. The van der Waals surface area contributed by atoms with Crippen LogP contribution >= 0.6 is 0 Å². The number of ether oxygens (including phenoxy) is 4. The quantitative estimate of drug-likeness (QED) is 0.0835. The molecule has 2 aliphatic heterocycles. The lowest BCUT2D eigenvalue weighted by Crippen LogP contribution is -2.63. The van der Waals surface area contributed by atoms with Crippen LogP contribution < -0.4 is 0 Å². The highest BCUT2D eigenvalue weighted by Gasteiger charge is 2.68. The topological polar surface area (TPSA) is 236 Å². The van der Waals surface area contributed by atoms with Crippen LogP contribution in [0.3, 0.4) is 0 Å². The third-order valence-electron chi connectivity index (χ3n) is 12.8. The Bertz CT molecular complexity index is 1180. The molecule has 3 saturated carbocycles. The van der Waals surface area contributed by atoms with E-state index >= 15 is 0 Å². The van der Waals surface area contributed by atoms with Crippen LogP contribution in [0.15, 0.2) is 11.6 Å². The van der Waals surface area contributed by atoms with Crippen LogP contribution in [-0.4, -0.2) is 139 Å². The van der Waals surface area contributed by atoms with Crippen molar-refractivity contribution in [2.45, 2.75) is 132 Å². The zero-order chi connectivity index (χ0) is 33.4. The van der Waals surface area contributed by atoms with E-state index in [-0.39, 0.29) is 29.3 Å². The van der Waals surface area contributed by atoms with Crippen molar-refractivity contribution in [3.8, 4) is 0 Å². The van der Waals surface area contributed by atoms with Crippen LogP contribution in [0.1, 0.15) is 65.2 Å². The second kappa shape index (κ2) is 12.3. The predicted molar refractivity (Wildman–Crippen MR) is 155 cm³/mol. The molecule has 0 aromatic heterocycles. The Hall–Kier alpha value is -1.27. The molecule has 16 unspecified atom stereocenters. The van der Waals surface area contributed by atoms with E-state index in [4.69, 9.17) is 18.9 Å². The number of fused-ring (bicyclic) bond motifs is 3. The van der Waals surface area contributed by atoms with E-state index in [2.05, 4.69) is 13.0 Å². The largest absolute Gasteiger partial charge is 0.432 e. The average molecular weight is 659 g/mol. The molecule has 4 aliphatic carbocycles. The molecule has 2 saturated heterocycles. The normalized spacial score (nSPS) is 53.6. The van der Waals surface area contributed by atoms with Gasteiger partial charge in [0, 0.05) is 0 Å². The van der Waals surface area contributed by atoms with Gasteiger partial charge in [0.25, 0.3) is 0 Å². The Morgan fingerprint density at radius 2 is 1.37 bits per heavy atom. The van der Waals surface area contributed by atoms with Gasteiger partial charge in [0.2, 0.25) is 6.29 Å². The molecule has 2 heterocycles. The number of allylic oxidation sites excluding steroid dienone is 1. The number of aliphatic hydroxyl groups excluding tert-OH is 9. The zero-order valence-electron chi connectivity index (χ0n) is 26.3. The fourth-order valence-electron chi connectivity index (χ4n) is 10.4. The summed E-state index contributed by atoms with van der Waals surface area (Å²) in [5.41, 5.74) is -1.97. The smallest absolute Gasteiger partial charge is 0.314 e. The minimum atomic E-state index is -1.69. The highest BCUT2D eigenvalue weighted by molar-refractivity contribution is 5.77. The van der Waals surface area contributed by atoms with Crippen LogP contribution in [-0.2, 0) is 23.7 Å². The third kappa shape index (κ3) is 5.11. The number of esters is 1. The molecule has 9 N–H and O–H groups in total. The van der Waals surface area contributed by atoms with Gasteiger partial charge in [-0.1, -0.05) is 19.4 Å². The average Bonchev–Trinajstić information content (AvgIpc) is 3.26. The monoisotopic (exact) mass is 658 g/mol. The van der Waals surface area contributed by atoms with Crippen molar-refractivity contribution in [2.24, 2.45) is 28.1 Å². The fraction of sp³-hybridized carbons (Fsp3) is 0.906. The summed E-state index contributed by atoms with van der Waals surface area (Å²) in [6.45, 7) is 2.58. The molecule has 46 heavy (non-hydrogen) atoms. The molecule has 14 heteroatoms. The molecule has 262 valence electrons. The van der Waals surface area contributed by atoms with Crippen LogP contribution in [0.5, 0.6) is 0 Å². The van der Waals surface area contributed by atoms with Gasteiger partial charge in [-0.3, -0.25) is 4.79 Å². The van der Waals surface area contributed by atoms with Crippen molar-refractivity contribution in [2.75, 3.05) is 19.8 Å². The highest BCUT2D eigenvalue weighted by Crippen LogP contribution is 2.72. The molecule has 6 aliphatic rings. The molecular formula is C32H50O14. The van der Waals surface area contributed by atoms with Gasteiger partial charge in [0.05, 0.1) is 30.8 Å². The SMILES string of the molecule is CC1(C(=O)OC2OC(CO)C(O)C(O)C2O)CCCC2(C)C3CCC4(OC5OC(CO)C(O)C(O)C5O)CC3(C=C4CO)CCC12. The summed E-state index contributed by atoms with van der Waals surface area (Å²) < 4.78 is 23.3. The second-order valence-corrected chi connectivity index (χ2v) is 15.1. The first-order valence-electron chi connectivity index (χ1n) is 16.5. The number of rotatable bonds is 7. The molecule has 2 bridgehead atoms. The van der Waals surface area contributed by atoms with Crippen molar-refractivity contribution >= 4 is 5.97 Å². The van der Waals surface area contributed by atoms with Crippen molar-refractivity contribution in [1.29, 1.82) is 0 Å². The number of carbonyl (C=O) groups excluding carboxylic acids is 1. The number of hydrogen-bond donors (Lipinski definition) is 9. The summed E-state index contributed by atoms with van der Waals surface area (Å²) in [5, 5.41) is 92.0. The molecule has 0 aromatic carbocycles. The van der Waals surface area contributed by atoms with Gasteiger partial charge in [0.1, 0.15) is 48.8 Å². The van der Waals surface area contributed by atoms with Crippen molar-refractivity contribution in [3.63, 3.8) is 0 Å². The van der Waals surface area contributed by atoms with Crippen LogP contribution in [0, 0.1) is 28.1 Å². The third-order valence-corrected chi connectivity index (χ3v) is 12.8. The first-order valence-corrected chi connectivity index (χ1v) is 16.5. The van der Waals surface area contributed by atoms with Crippen molar-refractivity contribution < 1.29 is 69.7 Å². The molecular weight excluding hydrogens is 608 g/mol. The predicted octanol–water partition coefficient (Wildman–Crippen LogP) is -1.79. The van der Waals surface area contributed by atoms with E-state index in [9.17, 15) is 50.8 Å². The molecule has 0 radical (unpaired) electrons. The summed E-state index contributed by atoms with van der Waals surface area (Å²) in [6, 6.07) is 0. The van der Waals surface area contributed by atoms with Gasteiger partial charge in [-0.05, 0) is 80.1 Å². The van der Waals surface area contributed by atoms with E-state index in [0.717, 1.165) is 12.8 Å². The number of carbonyl (C=O) groups is 1. The maximum Gasteiger partial charge on any atom is 0.314 e. The van der Waals surface area contributed by atoms with Gasteiger partial charge in [-0.25, -0.2) is 0 Å². The number of aliphatic hydroxyl groups is 9. The Labute approximate surface area is 267 Å². The minimum absolute atomic E-state index is 0.104. The maximum absolute atomic E-state index is 14.0. The Morgan fingerprint density at radius 1 is 0.783 bits per heavy atom. The molecule has 0 amide bonds. The standard InChI is InChI=1S/C32H50O14/c1-29-6-3-7-30(2,28(42)45-26-24(40)22(38)20(36)16(12-34)43-26)18(29)4-8-31-10-15(11-33)32(14-31,9-5-19(29)31)46-27-25(41)23(39)21(37)17(13-35)44-27/h10,16-27,33-41H,3-9,11-14H2,1-2H3. The van der Waals surface area contributed by atoms with Gasteiger partial charge >= 0.3 is 5.97 Å². The first-order chi connectivity index (χ1) is 21.7. The zero-order valence-corrected chi connectivity index (χ0v) is 26.3. The lowest BCUT2D eigenvalue weighted by molar-refractivity contribution is -0.329. The summed E-state index contributed by atoms with van der Waals surface area (Å²) in [6.07, 6.45) is -7.53. The van der Waals surface area contributed by atoms with E-state index in [0.29, 0.717) is 44.1 Å². The summed E-state index contributed by atoms with van der Waals surface area (Å²) in [5.74, 6) is -0.570. The second-order valence-electron chi connectivity index (χ2n) is 15.1. The van der Waals surface area contributed by atoms with Crippen LogP contribution in [0.2, 0.25) is 0 Å². The van der Waals surface area contributed by atoms with Crippen LogP contribution in [0.4, 0.5) is 0 Å². The molecule has 6 rings (SSSR count). The van der Waals surface area contributed by atoms with E-state index in [1.807, 2.05) is 6.92 Å².